The highest BCUT2D eigenvalue weighted by Gasteiger charge is 2.40. The third kappa shape index (κ3) is 3.68. The number of rotatable bonds is 6. The first kappa shape index (κ1) is 15.9. The largest absolute Gasteiger partial charge is 0.329 e. The summed E-state index contributed by atoms with van der Waals surface area (Å²) in [6, 6.07) is 0. The van der Waals surface area contributed by atoms with Crippen LogP contribution in [0.4, 0.5) is 0 Å². The lowest BCUT2D eigenvalue weighted by Crippen LogP contribution is -2.55. The van der Waals surface area contributed by atoms with Crippen molar-refractivity contribution in [3.63, 3.8) is 0 Å². The van der Waals surface area contributed by atoms with Gasteiger partial charge < -0.3 is 5.73 Å². The summed E-state index contributed by atoms with van der Waals surface area (Å²) in [5.41, 5.74) is 5.56. The van der Waals surface area contributed by atoms with Crippen molar-refractivity contribution in [2.45, 2.75) is 57.9 Å². The maximum Gasteiger partial charge on any atom is 0.214 e. The van der Waals surface area contributed by atoms with Crippen molar-refractivity contribution < 1.29 is 8.42 Å². The molecule has 0 unspecified atom stereocenters. The third-order valence-electron chi connectivity index (χ3n) is 4.20. The Bertz CT molecular complexity index is 346. The van der Waals surface area contributed by atoms with Gasteiger partial charge in [0, 0.05) is 19.1 Å². The van der Waals surface area contributed by atoms with Crippen LogP contribution in [-0.2, 0) is 10.0 Å². The van der Waals surface area contributed by atoms with Crippen molar-refractivity contribution in [1.29, 1.82) is 0 Å². The summed E-state index contributed by atoms with van der Waals surface area (Å²) in [6.45, 7) is 4.54. The first-order valence-corrected chi connectivity index (χ1v) is 8.62. The lowest BCUT2D eigenvalue weighted by Gasteiger charge is -2.43. The molecule has 0 aromatic heterocycles. The summed E-state index contributed by atoms with van der Waals surface area (Å²) >= 11 is 0. The van der Waals surface area contributed by atoms with Gasteiger partial charge in [-0.2, -0.15) is 4.31 Å². The Morgan fingerprint density at radius 3 is 2.22 bits per heavy atom. The number of likely N-dealkylation sites (N-methyl/N-ethyl adjacent to an activating group) is 1. The van der Waals surface area contributed by atoms with Crippen molar-refractivity contribution in [2.75, 3.05) is 19.3 Å². The van der Waals surface area contributed by atoms with Crippen LogP contribution in [0.15, 0.2) is 0 Å². The van der Waals surface area contributed by atoms with Crippen molar-refractivity contribution in [3.05, 3.63) is 0 Å². The zero-order valence-corrected chi connectivity index (χ0v) is 12.8. The van der Waals surface area contributed by atoms with E-state index in [-0.39, 0.29) is 11.3 Å². The molecule has 5 heteroatoms. The van der Waals surface area contributed by atoms with Crippen LogP contribution in [0, 0.1) is 5.92 Å². The van der Waals surface area contributed by atoms with Crippen molar-refractivity contribution in [1.82, 2.24) is 4.31 Å². The van der Waals surface area contributed by atoms with E-state index in [9.17, 15) is 8.42 Å². The van der Waals surface area contributed by atoms with E-state index in [0.717, 1.165) is 25.7 Å². The zero-order chi connectivity index (χ0) is 13.8. The SMILES string of the molecule is CC(C)CCS(=O)(=O)N(C)C1(CN)CCCCC1. The van der Waals surface area contributed by atoms with Crippen molar-refractivity contribution >= 4 is 10.0 Å². The number of nitrogens with zero attached hydrogens (tertiary/aromatic N) is 1. The number of sulfonamides is 1. The summed E-state index contributed by atoms with van der Waals surface area (Å²) in [5, 5.41) is 0. The molecule has 2 N–H and O–H groups in total. The number of nitrogens with two attached hydrogens (primary N) is 1. The van der Waals surface area contributed by atoms with Crippen LogP contribution in [0.3, 0.4) is 0 Å². The molecule has 0 saturated heterocycles. The molecular weight excluding hydrogens is 248 g/mol. The molecule has 4 nitrogen and oxygen atoms in total. The van der Waals surface area contributed by atoms with Crippen LogP contribution in [0.1, 0.15) is 52.4 Å². The van der Waals surface area contributed by atoms with Gasteiger partial charge in [0.05, 0.1) is 5.75 Å². The van der Waals surface area contributed by atoms with E-state index < -0.39 is 10.0 Å². The molecular formula is C13H28N2O2S. The molecule has 0 spiro atoms. The monoisotopic (exact) mass is 276 g/mol. The third-order valence-corrected chi connectivity index (χ3v) is 6.18. The fourth-order valence-corrected chi connectivity index (χ4v) is 4.56. The smallest absolute Gasteiger partial charge is 0.214 e. The maximum absolute atomic E-state index is 12.4. The van der Waals surface area contributed by atoms with E-state index in [1.807, 2.05) is 0 Å². The molecule has 1 saturated carbocycles. The van der Waals surface area contributed by atoms with Crippen LogP contribution >= 0.6 is 0 Å². The number of hydrogen-bond acceptors (Lipinski definition) is 3. The molecule has 1 aliphatic rings. The average molecular weight is 276 g/mol. The lowest BCUT2D eigenvalue weighted by atomic mass is 9.82. The van der Waals surface area contributed by atoms with E-state index >= 15 is 0 Å². The molecule has 108 valence electrons. The second-order valence-electron chi connectivity index (χ2n) is 5.96. The Morgan fingerprint density at radius 1 is 1.22 bits per heavy atom. The molecule has 0 aliphatic heterocycles. The zero-order valence-electron chi connectivity index (χ0n) is 12.0. The lowest BCUT2D eigenvalue weighted by molar-refractivity contribution is 0.159. The summed E-state index contributed by atoms with van der Waals surface area (Å²) in [4.78, 5) is 0. The highest BCUT2D eigenvalue weighted by molar-refractivity contribution is 7.89. The molecule has 1 rings (SSSR count). The fourth-order valence-electron chi connectivity index (χ4n) is 2.67. The highest BCUT2D eigenvalue weighted by Crippen LogP contribution is 2.34. The molecule has 0 heterocycles. The Labute approximate surface area is 112 Å². The first-order valence-electron chi connectivity index (χ1n) is 7.01. The van der Waals surface area contributed by atoms with Crippen molar-refractivity contribution in [3.8, 4) is 0 Å². The van der Waals surface area contributed by atoms with Crippen LogP contribution in [0.2, 0.25) is 0 Å². The Hall–Kier alpha value is -0.130. The minimum Gasteiger partial charge on any atom is -0.329 e. The van der Waals surface area contributed by atoms with Gasteiger partial charge in [-0.3, -0.25) is 0 Å². The van der Waals surface area contributed by atoms with Gasteiger partial charge >= 0.3 is 0 Å². The highest BCUT2D eigenvalue weighted by atomic mass is 32.2. The minimum absolute atomic E-state index is 0.239. The van der Waals surface area contributed by atoms with E-state index in [1.165, 1.54) is 6.42 Å². The van der Waals surface area contributed by atoms with Crippen molar-refractivity contribution in [2.24, 2.45) is 11.7 Å². The molecule has 0 amide bonds. The van der Waals surface area contributed by atoms with Gasteiger partial charge in [-0.1, -0.05) is 33.1 Å². The topological polar surface area (TPSA) is 63.4 Å². The van der Waals surface area contributed by atoms with Gasteiger partial charge in [0.2, 0.25) is 10.0 Å². The summed E-state index contributed by atoms with van der Waals surface area (Å²) < 4.78 is 26.3. The van der Waals surface area contributed by atoms with Crippen LogP contribution in [-0.4, -0.2) is 37.6 Å². The fraction of sp³-hybridized carbons (Fsp3) is 1.00. The second-order valence-corrected chi connectivity index (χ2v) is 8.07. The second kappa shape index (κ2) is 6.35. The Morgan fingerprint density at radius 2 is 1.78 bits per heavy atom. The normalized spacial score (nSPS) is 20.6. The average Bonchev–Trinajstić information content (AvgIpc) is 2.36. The predicted molar refractivity (Wildman–Crippen MR) is 75.9 cm³/mol. The standard InChI is InChI=1S/C13H28N2O2S/c1-12(2)7-10-18(16,17)15(3)13(11-14)8-5-4-6-9-13/h12H,4-11,14H2,1-3H3. The molecule has 0 aromatic rings. The molecule has 18 heavy (non-hydrogen) atoms. The van der Waals surface area contributed by atoms with Crippen LogP contribution < -0.4 is 5.73 Å². The molecule has 0 aromatic carbocycles. The van der Waals surface area contributed by atoms with Gasteiger partial charge in [0.1, 0.15) is 0 Å². The quantitative estimate of drug-likeness (QED) is 0.806. The molecule has 1 aliphatic carbocycles. The molecule has 1 fully saturated rings. The van der Waals surface area contributed by atoms with E-state index in [4.69, 9.17) is 5.73 Å². The van der Waals surface area contributed by atoms with Gasteiger partial charge in [-0.25, -0.2) is 8.42 Å². The van der Waals surface area contributed by atoms with Gasteiger partial charge in [-0.15, -0.1) is 0 Å². The van der Waals surface area contributed by atoms with E-state index in [2.05, 4.69) is 13.8 Å². The maximum atomic E-state index is 12.4. The predicted octanol–water partition coefficient (Wildman–Crippen LogP) is 1.96. The van der Waals surface area contributed by atoms with E-state index in [0.29, 0.717) is 18.9 Å². The minimum atomic E-state index is -3.17. The van der Waals surface area contributed by atoms with Gasteiger partial charge in [-0.05, 0) is 25.2 Å². The summed E-state index contributed by atoms with van der Waals surface area (Å²) in [5.74, 6) is 0.650. The molecule has 0 atom stereocenters. The molecule has 0 bridgehead atoms. The van der Waals surface area contributed by atoms with Crippen LogP contribution in [0.5, 0.6) is 0 Å². The summed E-state index contributed by atoms with van der Waals surface area (Å²) in [6.07, 6.45) is 5.89. The first-order chi connectivity index (χ1) is 8.34. The summed E-state index contributed by atoms with van der Waals surface area (Å²) in [7, 11) is -1.46. The van der Waals surface area contributed by atoms with Gasteiger partial charge in [0.15, 0.2) is 0 Å². The Balaban J connectivity index is 2.79. The number of hydrogen-bond donors (Lipinski definition) is 1. The molecule has 0 radical (unpaired) electrons. The Kier molecular flexibility index (Phi) is 5.62. The van der Waals surface area contributed by atoms with Gasteiger partial charge in [0.25, 0.3) is 0 Å². The van der Waals surface area contributed by atoms with E-state index in [1.54, 1.807) is 11.4 Å². The van der Waals surface area contributed by atoms with Crippen LogP contribution in [0.25, 0.3) is 0 Å².